The molecule has 0 aromatic heterocycles. The van der Waals surface area contributed by atoms with E-state index in [4.69, 9.17) is 25.8 Å². The third-order valence-electron chi connectivity index (χ3n) is 5.81. The molecule has 2 aliphatic heterocycles. The van der Waals surface area contributed by atoms with Crippen molar-refractivity contribution in [2.45, 2.75) is 57.0 Å². The van der Waals surface area contributed by atoms with Gasteiger partial charge in [-0.05, 0) is 47.7 Å². The van der Waals surface area contributed by atoms with E-state index in [0.717, 1.165) is 46.1 Å². The number of ether oxygens (including phenoxy) is 3. The summed E-state index contributed by atoms with van der Waals surface area (Å²) in [5.41, 5.74) is 4.13. The minimum Gasteiger partial charge on any atom is -0.488 e. The van der Waals surface area contributed by atoms with Crippen LogP contribution in [0, 0.1) is 6.92 Å². The Labute approximate surface area is 182 Å². The summed E-state index contributed by atoms with van der Waals surface area (Å²) in [6.07, 6.45) is 1.69. The van der Waals surface area contributed by atoms with Crippen molar-refractivity contribution < 1.29 is 24.4 Å². The molecule has 2 N–H and O–H groups in total. The molecule has 0 amide bonds. The normalized spacial score (nSPS) is 26.7. The Morgan fingerprint density at radius 2 is 1.97 bits per heavy atom. The molecular formula is C24H29ClO5. The first kappa shape index (κ1) is 21.6. The van der Waals surface area contributed by atoms with E-state index in [1.807, 2.05) is 25.1 Å². The highest BCUT2D eigenvalue weighted by Gasteiger charge is 2.29. The molecule has 0 bridgehead atoms. The van der Waals surface area contributed by atoms with Crippen LogP contribution >= 0.6 is 11.6 Å². The number of aliphatic hydroxyl groups is 2. The van der Waals surface area contributed by atoms with Crippen LogP contribution < -0.4 is 4.74 Å². The fourth-order valence-corrected chi connectivity index (χ4v) is 4.39. The van der Waals surface area contributed by atoms with Crippen molar-refractivity contribution in [1.29, 1.82) is 0 Å². The number of aliphatic hydroxyl groups excluding tert-OH is 2. The van der Waals surface area contributed by atoms with Gasteiger partial charge >= 0.3 is 0 Å². The smallest absolute Gasteiger partial charge is 0.124 e. The van der Waals surface area contributed by atoms with Gasteiger partial charge in [0.25, 0.3) is 0 Å². The van der Waals surface area contributed by atoms with E-state index in [0.29, 0.717) is 25.9 Å². The molecular weight excluding hydrogens is 404 g/mol. The predicted molar refractivity (Wildman–Crippen MR) is 115 cm³/mol. The number of hydrogen-bond donors (Lipinski definition) is 2. The minimum absolute atomic E-state index is 0.0889. The van der Waals surface area contributed by atoms with Crippen molar-refractivity contribution in [2.75, 3.05) is 19.8 Å². The van der Waals surface area contributed by atoms with Gasteiger partial charge in [-0.2, -0.15) is 0 Å². The zero-order valence-electron chi connectivity index (χ0n) is 17.2. The van der Waals surface area contributed by atoms with Gasteiger partial charge in [-0.15, -0.1) is 0 Å². The summed E-state index contributed by atoms with van der Waals surface area (Å²) in [7, 11) is 0. The molecule has 4 rings (SSSR count). The molecule has 4 atom stereocenters. The number of aryl methyl sites for hydroxylation is 1. The molecule has 2 aromatic carbocycles. The molecule has 0 radical (unpaired) electrons. The zero-order chi connectivity index (χ0) is 21.1. The molecule has 2 saturated heterocycles. The fraction of sp³-hybridized carbons (Fsp3) is 0.500. The van der Waals surface area contributed by atoms with Crippen molar-refractivity contribution in [3.63, 3.8) is 0 Å². The van der Waals surface area contributed by atoms with E-state index in [1.54, 1.807) is 0 Å². The highest BCUT2D eigenvalue weighted by Crippen LogP contribution is 2.35. The monoisotopic (exact) mass is 432 g/mol. The van der Waals surface area contributed by atoms with E-state index in [1.165, 1.54) is 0 Å². The number of halogens is 1. The average molecular weight is 433 g/mol. The van der Waals surface area contributed by atoms with Gasteiger partial charge < -0.3 is 24.4 Å². The Morgan fingerprint density at radius 1 is 1.17 bits per heavy atom. The van der Waals surface area contributed by atoms with Crippen LogP contribution in [-0.2, 0) is 15.9 Å². The largest absolute Gasteiger partial charge is 0.488 e. The maximum absolute atomic E-state index is 10.2. The molecule has 4 unspecified atom stereocenters. The average Bonchev–Trinajstić information content (AvgIpc) is 3.25. The second kappa shape index (κ2) is 9.67. The van der Waals surface area contributed by atoms with E-state index < -0.39 is 6.10 Å². The Bertz CT molecular complexity index is 847. The maximum Gasteiger partial charge on any atom is 0.124 e. The lowest BCUT2D eigenvalue weighted by molar-refractivity contribution is -0.113. The van der Waals surface area contributed by atoms with Crippen molar-refractivity contribution >= 4 is 11.6 Å². The highest BCUT2D eigenvalue weighted by atomic mass is 35.5. The lowest BCUT2D eigenvalue weighted by Crippen LogP contribution is -2.33. The molecule has 2 heterocycles. The summed E-state index contributed by atoms with van der Waals surface area (Å²) in [4.78, 5) is 0. The van der Waals surface area contributed by atoms with Crippen LogP contribution in [0.1, 0.15) is 47.6 Å². The van der Waals surface area contributed by atoms with E-state index in [2.05, 4.69) is 18.2 Å². The summed E-state index contributed by atoms with van der Waals surface area (Å²) in [5, 5.41) is 20.4. The summed E-state index contributed by atoms with van der Waals surface area (Å²) in [6, 6.07) is 12.2. The van der Waals surface area contributed by atoms with Crippen LogP contribution in [-0.4, -0.2) is 48.3 Å². The Kier molecular flexibility index (Phi) is 6.96. The quantitative estimate of drug-likeness (QED) is 0.722. The zero-order valence-corrected chi connectivity index (χ0v) is 18.0. The van der Waals surface area contributed by atoms with Crippen LogP contribution in [0.2, 0.25) is 5.02 Å². The van der Waals surface area contributed by atoms with Crippen LogP contribution in [0.15, 0.2) is 36.4 Å². The topological polar surface area (TPSA) is 68.2 Å². The van der Waals surface area contributed by atoms with Gasteiger partial charge in [0.05, 0.1) is 38.1 Å². The van der Waals surface area contributed by atoms with Crippen LogP contribution in [0.5, 0.6) is 5.75 Å². The molecule has 0 aliphatic carbocycles. The van der Waals surface area contributed by atoms with Crippen molar-refractivity contribution in [2.24, 2.45) is 0 Å². The van der Waals surface area contributed by atoms with Gasteiger partial charge in [-0.25, -0.2) is 0 Å². The summed E-state index contributed by atoms with van der Waals surface area (Å²) < 4.78 is 17.3. The summed E-state index contributed by atoms with van der Waals surface area (Å²) in [5.74, 6) is 0.852. The van der Waals surface area contributed by atoms with Crippen LogP contribution in [0.4, 0.5) is 0 Å². The van der Waals surface area contributed by atoms with Crippen LogP contribution in [0.3, 0.4) is 0 Å². The maximum atomic E-state index is 10.2. The fourth-order valence-electron chi connectivity index (χ4n) is 4.21. The Balaban J connectivity index is 1.49. The molecule has 2 aromatic rings. The first-order valence-electron chi connectivity index (χ1n) is 10.6. The molecule has 30 heavy (non-hydrogen) atoms. The third kappa shape index (κ3) is 5.16. The van der Waals surface area contributed by atoms with Gasteiger partial charge in [0.1, 0.15) is 11.9 Å². The van der Waals surface area contributed by atoms with E-state index >= 15 is 0 Å². The minimum atomic E-state index is -0.474. The van der Waals surface area contributed by atoms with Crippen molar-refractivity contribution in [3.8, 4) is 5.75 Å². The number of hydrogen-bond acceptors (Lipinski definition) is 5. The second-order valence-electron chi connectivity index (χ2n) is 8.29. The van der Waals surface area contributed by atoms with Crippen molar-refractivity contribution in [3.05, 3.63) is 63.7 Å². The first-order chi connectivity index (χ1) is 14.5. The van der Waals surface area contributed by atoms with Gasteiger partial charge in [0.2, 0.25) is 0 Å². The van der Waals surface area contributed by atoms with Crippen LogP contribution in [0.25, 0.3) is 0 Å². The Morgan fingerprint density at radius 3 is 2.67 bits per heavy atom. The highest BCUT2D eigenvalue weighted by molar-refractivity contribution is 6.32. The van der Waals surface area contributed by atoms with Gasteiger partial charge in [0.15, 0.2) is 0 Å². The number of rotatable bonds is 6. The van der Waals surface area contributed by atoms with Crippen molar-refractivity contribution in [1.82, 2.24) is 0 Å². The lowest BCUT2D eigenvalue weighted by Gasteiger charge is -2.33. The second-order valence-corrected chi connectivity index (χ2v) is 8.67. The molecule has 162 valence electrons. The SMILES string of the molecule is Cc1cc(C2CC(O)CC(CO)O2)cc(Cc2ccc(OC3CCOC3)cc2)c1Cl. The molecule has 5 nitrogen and oxygen atoms in total. The van der Waals surface area contributed by atoms with E-state index in [9.17, 15) is 10.2 Å². The summed E-state index contributed by atoms with van der Waals surface area (Å²) >= 11 is 6.61. The molecule has 2 aliphatic rings. The van der Waals surface area contributed by atoms with Gasteiger partial charge in [-0.3, -0.25) is 0 Å². The van der Waals surface area contributed by atoms with Gasteiger partial charge in [-0.1, -0.05) is 35.9 Å². The molecule has 0 saturated carbocycles. The predicted octanol–water partition coefficient (Wildman–Crippen LogP) is 3.98. The Hall–Kier alpha value is -1.63. The lowest BCUT2D eigenvalue weighted by atomic mass is 9.92. The summed E-state index contributed by atoms with van der Waals surface area (Å²) in [6.45, 7) is 3.31. The van der Waals surface area contributed by atoms with Gasteiger partial charge in [0, 0.05) is 24.3 Å². The number of benzene rings is 2. The molecule has 0 spiro atoms. The standard InChI is InChI=1S/C24H29ClO5/c1-15-8-17(23-12-19(27)11-22(13-26)30-23)10-18(24(15)25)9-16-2-4-20(5-3-16)29-21-6-7-28-14-21/h2-5,8,10,19,21-23,26-27H,6-7,9,11-14H2,1H3. The van der Waals surface area contributed by atoms with E-state index in [-0.39, 0.29) is 24.9 Å². The molecule has 6 heteroatoms. The molecule has 2 fully saturated rings. The third-order valence-corrected chi connectivity index (χ3v) is 6.35. The first-order valence-corrected chi connectivity index (χ1v) is 11.0.